The van der Waals surface area contributed by atoms with E-state index in [4.69, 9.17) is 26.8 Å². The van der Waals surface area contributed by atoms with Crippen molar-refractivity contribution in [2.75, 3.05) is 27.3 Å². The van der Waals surface area contributed by atoms with Crippen molar-refractivity contribution < 1.29 is 9.47 Å². The quantitative estimate of drug-likeness (QED) is 0.846. The molecule has 1 atom stereocenters. The van der Waals surface area contributed by atoms with Crippen molar-refractivity contribution >= 4 is 17.6 Å². The normalized spacial score (nSPS) is 17.9. The molecule has 0 radical (unpaired) electrons. The minimum Gasteiger partial charge on any atom is -0.493 e. The summed E-state index contributed by atoms with van der Waals surface area (Å²) in [6.45, 7) is 4.92. The first-order chi connectivity index (χ1) is 9.63. The summed E-state index contributed by atoms with van der Waals surface area (Å²) in [5.74, 6) is 1.62. The molecule has 108 valence electrons. The first kappa shape index (κ1) is 14.5. The van der Waals surface area contributed by atoms with Gasteiger partial charge in [-0.3, -0.25) is 4.99 Å². The predicted octanol–water partition coefficient (Wildman–Crippen LogP) is 2.21. The fourth-order valence-electron chi connectivity index (χ4n) is 2.32. The van der Waals surface area contributed by atoms with Crippen LogP contribution >= 0.6 is 11.6 Å². The molecule has 20 heavy (non-hydrogen) atoms. The smallest absolute Gasteiger partial charge is 0.192 e. The van der Waals surface area contributed by atoms with Crippen molar-refractivity contribution in [3.63, 3.8) is 0 Å². The predicted molar refractivity (Wildman–Crippen MR) is 80.7 cm³/mol. The number of methoxy groups -OCH3 is 2. The molecule has 1 heterocycles. The van der Waals surface area contributed by atoms with Gasteiger partial charge in [0.15, 0.2) is 17.5 Å². The Morgan fingerprint density at radius 3 is 2.85 bits per heavy atom. The molecular formula is C14H18ClN3O2. The van der Waals surface area contributed by atoms with E-state index < -0.39 is 0 Å². The third-order valence-electron chi connectivity index (χ3n) is 3.30. The number of guanidine groups is 1. The van der Waals surface area contributed by atoms with Crippen molar-refractivity contribution in [2.45, 2.75) is 6.04 Å². The van der Waals surface area contributed by atoms with E-state index in [2.05, 4.69) is 11.6 Å². The number of benzene rings is 1. The first-order valence-corrected chi connectivity index (χ1v) is 6.59. The van der Waals surface area contributed by atoms with Crippen molar-refractivity contribution in [1.82, 2.24) is 4.90 Å². The Labute approximate surface area is 123 Å². The van der Waals surface area contributed by atoms with E-state index in [0.717, 1.165) is 5.56 Å². The third-order valence-corrected chi connectivity index (χ3v) is 3.69. The van der Waals surface area contributed by atoms with Crippen LogP contribution in [-0.2, 0) is 0 Å². The zero-order chi connectivity index (χ0) is 14.7. The maximum Gasteiger partial charge on any atom is 0.192 e. The Morgan fingerprint density at radius 1 is 1.50 bits per heavy atom. The molecular weight excluding hydrogens is 278 g/mol. The van der Waals surface area contributed by atoms with Crippen LogP contribution in [0.25, 0.3) is 0 Å². The maximum atomic E-state index is 6.44. The van der Waals surface area contributed by atoms with Crippen LogP contribution in [0.1, 0.15) is 11.6 Å². The van der Waals surface area contributed by atoms with Gasteiger partial charge in [0, 0.05) is 6.54 Å². The largest absolute Gasteiger partial charge is 0.493 e. The van der Waals surface area contributed by atoms with E-state index in [9.17, 15) is 0 Å². The molecule has 0 fully saturated rings. The van der Waals surface area contributed by atoms with Crippen LogP contribution in [0.15, 0.2) is 29.8 Å². The maximum absolute atomic E-state index is 6.44. The van der Waals surface area contributed by atoms with Crippen LogP contribution in [0.3, 0.4) is 0 Å². The number of ether oxygens (including phenoxy) is 2. The zero-order valence-electron chi connectivity index (χ0n) is 11.6. The van der Waals surface area contributed by atoms with E-state index in [0.29, 0.717) is 35.6 Å². The average molecular weight is 296 g/mol. The zero-order valence-corrected chi connectivity index (χ0v) is 12.4. The second-order valence-electron chi connectivity index (χ2n) is 4.36. The van der Waals surface area contributed by atoms with Gasteiger partial charge in [0.25, 0.3) is 0 Å². The molecule has 0 saturated heterocycles. The molecule has 2 rings (SSSR count). The van der Waals surface area contributed by atoms with E-state index in [1.54, 1.807) is 20.3 Å². The lowest BCUT2D eigenvalue weighted by atomic mass is 10.1. The second kappa shape index (κ2) is 6.05. The Morgan fingerprint density at radius 2 is 2.25 bits per heavy atom. The van der Waals surface area contributed by atoms with E-state index in [-0.39, 0.29) is 6.04 Å². The van der Waals surface area contributed by atoms with Gasteiger partial charge in [0.05, 0.1) is 31.8 Å². The van der Waals surface area contributed by atoms with Crippen molar-refractivity contribution in [2.24, 2.45) is 10.7 Å². The summed E-state index contributed by atoms with van der Waals surface area (Å²) in [6, 6.07) is 3.74. The molecule has 1 aliphatic rings. The second-order valence-corrected chi connectivity index (χ2v) is 4.74. The van der Waals surface area contributed by atoms with Gasteiger partial charge < -0.3 is 20.1 Å². The van der Waals surface area contributed by atoms with Crippen LogP contribution in [0, 0.1) is 0 Å². The van der Waals surface area contributed by atoms with Gasteiger partial charge in [0.1, 0.15) is 0 Å². The van der Waals surface area contributed by atoms with Gasteiger partial charge in [-0.2, -0.15) is 0 Å². The summed E-state index contributed by atoms with van der Waals surface area (Å²) in [4.78, 5) is 6.23. The Kier molecular flexibility index (Phi) is 4.39. The summed E-state index contributed by atoms with van der Waals surface area (Å²) in [7, 11) is 3.14. The molecule has 1 aromatic carbocycles. The van der Waals surface area contributed by atoms with Crippen molar-refractivity contribution in [1.29, 1.82) is 0 Å². The summed E-state index contributed by atoms with van der Waals surface area (Å²) >= 11 is 6.44. The molecule has 2 N–H and O–H groups in total. The van der Waals surface area contributed by atoms with E-state index >= 15 is 0 Å². The highest BCUT2D eigenvalue weighted by Gasteiger charge is 2.29. The molecule has 0 saturated carbocycles. The molecule has 5 nitrogen and oxygen atoms in total. The van der Waals surface area contributed by atoms with E-state index in [1.165, 1.54) is 0 Å². The summed E-state index contributed by atoms with van der Waals surface area (Å²) < 4.78 is 10.6. The number of hydrogen-bond donors (Lipinski definition) is 1. The van der Waals surface area contributed by atoms with Crippen LogP contribution in [0.4, 0.5) is 0 Å². The molecule has 0 aliphatic carbocycles. The van der Waals surface area contributed by atoms with Crippen LogP contribution in [-0.4, -0.2) is 38.2 Å². The van der Waals surface area contributed by atoms with Gasteiger partial charge in [-0.15, -0.1) is 6.58 Å². The summed E-state index contributed by atoms with van der Waals surface area (Å²) in [5.41, 5.74) is 6.81. The Bertz CT molecular complexity index is 545. The fourth-order valence-corrected chi connectivity index (χ4v) is 2.68. The molecule has 0 spiro atoms. The fraction of sp³-hybridized carbons (Fsp3) is 0.357. The number of nitrogens with two attached hydrogens (primary N) is 1. The third kappa shape index (κ3) is 2.41. The Hall–Kier alpha value is -1.88. The van der Waals surface area contributed by atoms with E-state index in [1.807, 2.05) is 17.0 Å². The number of halogens is 1. The highest BCUT2D eigenvalue weighted by Crippen LogP contribution is 2.41. The van der Waals surface area contributed by atoms with Gasteiger partial charge >= 0.3 is 0 Å². The molecule has 1 unspecified atom stereocenters. The van der Waals surface area contributed by atoms with Gasteiger partial charge in [-0.1, -0.05) is 23.7 Å². The highest BCUT2D eigenvalue weighted by atomic mass is 35.5. The average Bonchev–Trinajstić information content (AvgIpc) is 2.80. The molecule has 0 amide bonds. The number of aliphatic imine (C=N–C) groups is 1. The molecule has 0 bridgehead atoms. The van der Waals surface area contributed by atoms with Gasteiger partial charge in [-0.05, 0) is 11.6 Å². The van der Waals surface area contributed by atoms with Gasteiger partial charge in [0.2, 0.25) is 0 Å². The van der Waals surface area contributed by atoms with Crippen LogP contribution in [0.2, 0.25) is 5.02 Å². The molecule has 1 aromatic rings. The number of hydrogen-bond acceptors (Lipinski definition) is 5. The molecule has 0 aromatic heterocycles. The minimum absolute atomic E-state index is 0.0136. The topological polar surface area (TPSA) is 60.1 Å². The van der Waals surface area contributed by atoms with Crippen molar-refractivity contribution in [3.8, 4) is 11.5 Å². The van der Waals surface area contributed by atoms with Crippen LogP contribution in [0.5, 0.6) is 11.5 Å². The lowest BCUT2D eigenvalue weighted by molar-refractivity contribution is 0.349. The number of rotatable bonds is 5. The van der Waals surface area contributed by atoms with Crippen LogP contribution < -0.4 is 15.2 Å². The minimum atomic E-state index is -0.0136. The Balaban J connectivity index is 2.41. The summed E-state index contributed by atoms with van der Waals surface area (Å²) in [5, 5.41) is 0.524. The molecule has 6 heteroatoms. The number of nitrogens with zero attached hydrogens (tertiary/aromatic N) is 2. The highest BCUT2D eigenvalue weighted by molar-refractivity contribution is 6.33. The first-order valence-electron chi connectivity index (χ1n) is 6.21. The lowest BCUT2D eigenvalue weighted by Gasteiger charge is -2.26. The SMILES string of the molecule is C=CCN1C(N)=NCC1c1ccc(OC)c(OC)c1Cl. The lowest BCUT2D eigenvalue weighted by Crippen LogP contribution is -2.36. The van der Waals surface area contributed by atoms with Gasteiger partial charge in [-0.25, -0.2) is 0 Å². The standard InChI is InChI=1S/C14H18ClN3O2/c1-4-7-18-10(8-17-14(18)16)9-5-6-11(19-2)13(20-3)12(9)15/h4-6,10H,1,7-8H2,2-3H3,(H2,16,17). The monoisotopic (exact) mass is 295 g/mol. The molecule has 1 aliphatic heterocycles. The van der Waals surface area contributed by atoms with Crippen molar-refractivity contribution in [3.05, 3.63) is 35.4 Å². The summed E-state index contributed by atoms with van der Waals surface area (Å²) in [6.07, 6.45) is 1.79.